The van der Waals surface area contributed by atoms with Crippen LogP contribution in [0.2, 0.25) is 0 Å². The van der Waals surface area contributed by atoms with Gasteiger partial charge in [-0.05, 0) is 18.1 Å². The van der Waals surface area contributed by atoms with Crippen molar-refractivity contribution < 1.29 is 0 Å². The first-order valence-electron chi connectivity index (χ1n) is 3.28. The Morgan fingerprint density at radius 3 is 3.09 bits per heavy atom. The molecule has 0 saturated heterocycles. The van der Waals surface area contributed by atoms with Gasteiger partial charge in [0, 0.05) is 12.1 Å². The fraction of sp³-hybridized carbons (Fsp3) is 0.250. The second-order valence-corrected chi connectivity index (χ2v) is 2.44. The molecule has 3 heteroatoms. The van der Waals surface area contributed by atoms with E-state index in [2.05, 4.69) is 4.98 Å². The van der Waals surface area contributed by atoms with E-state index in [4.69, 9.17) is 16.9 Å². The second-order valence-electron chi connectivity index (χ2n) is 2.06. The zero-order chi connectivity index (χ0) is 8.10. The minimum atomic E-state index is 0.480. The molecule has 0 aliphatic carbocycles. The van der Waals surface area contributed by atoms with Crippen molar-refractivity contribution in [2.24, 2.45) is 0 Å². The third-order valence-electron chi connectivity index (χ3n) is 1.36. The summed E-state index contributed by atoms with van der Waals surface area (Å²) in [6, 6.07) is 5.69. The van der Waals surface area contributed by atoms with E-state index in [1.165, 1.54) is 0 Å². The summed E-state index contributed by atoms with van der Waals surface area (Å²) in [6.07, 6.45) is 2.31. The number of aryl methyl sites for hydroxylation is 1. The van der Waals surface area contributed by atoms with Crippen LogP contribution in [0.1, 0.15) is 11.3 Å². The quantitative estimate of drug-likeness (QED) is 0.628. The maximum absolute atomic E-state index is 8.59. The summed E-state index contributed by atoms with van der Waals surface area (Å²) in [5, 5.41) is 8.59. The first-order chi connectivity index (χ1) is 5.38. The summed E-state index contributed by atoms with van der Waals surface area (Å²) in [5.74, 6) is 0.528. The Morgan fingerprint density at radius 1 is 1.64 bits per heavy atom. The monoisotopic (exact) mass is 166 g/mol. The maximum Gasteiger partial charge on any atom is 0.143 e. The van der Waals surface area contributed by atoms with Crippen LogP contribution in [0.5, 0.6) is 0 Å². The standard InChI is InChI=1S/C8H7ClN2/c9-4-3-7-2-1-5-11-8(7)6-10/h1-2,5H,3-4H2. The fourth-order valence-corrected chi connectivity index (χ4v) is 1.05. The van der Waals surface area contributed by atoms with E-state index in [9.17, 15) is 0 Å². The van der Waals surface area contributed by atoms with Crippen LogP contribution >= 0.6 is 11.6 Å². The summed E-state index contributed by atoms with van der Waals surface area (Å²) >= 11 is 5.53. The summed E-state index contributed by atoms with van der Waals surface area (Å²) in [6.45, 7) is 0. The Labute approximate surface area is 70.4 Å². The number of aromatic nitrogens is 1. The number of pyridine rings is 1. The molecule has 0 atom stereocenters. The molecule has 0 fully saturated rings. The lowest BCUT2D eigenvalue weighted by Crippen LogP contribution is -1.93. The molecule has 0 aromatic carbocycles. The van der Waals surface area contributed by atoms with Crippen LogP contribution in [0.15, 0.2) is 18.3 Å². The Hall–Kier alpha value is -1.07. The predicted molar refractivity (Wildman–Crippen MR) is 43.4 cm³/mol. The van der Waals surface area contributed by atoms with Crippen molar-refractivity contribution in [3.05, 3.63) is 29.6 Å². The number of hydrogen-bond donors (Lipinski definition) is 0. The highest BCUT2D eigenvalue weighted by atomic mass is 35.5. The SMILES string of the molecule is N#Cc1ncccc1CCCl. The third-order valence-corrected chi connectivity index (χ3v) is 1.55. The summed E-state index contributed by atoms with van der Waals surface area (Å²) in [7, 11) is 0. The lowest BCUT2D eigenvalue weighted by Gasteiger charge is -1.97. The lowest BCUT2D eigenvalue weighted by molar-refractivity contribution is 1.09. The van der Waals surface area contributed by atoms with Crippen molar-refractivity contribution in [3.8, 4) is 6.07 Å². The molecule has 0 spiro atoms. The molecule has 2 nitrogen and oxygen atoms in total. The zero-order valence-electron chi connectivity index (χ0n) is 5.92. The van der Waals surface area contributed by atoms with Gasteiger partial charge in [-0.3, -0.25) is 0 Å². The number of rotatable bonds is 2. The Balaban J connectivity index is 2.95. The third kappa shape index (κ3) is 1.92. The second kappa shape index (κ2) is 3.95. The molecule has 1 aromatic rings. The van der Waals surface area contributed by atoms with Crippen molar-refractivity contribution in [2.45, 2.75) is 6.42 Å². The van der Waals surface area contributed by atoms with Gasteiger partial charge >= 0.3 is 0 Å². The summed E-state index contributed by atoms with van der Waals surface area (Å²) in [4.78, 5) is 3.90. The maximum atomic E-state index is 8.59. The van der Waals surface area contributed by atoms with Gasteiger partial charge < -0.3 is 0 Å². The molecule has 1 heterocycles. The molecule has 1 aromatic heterocycles. The Bertz CT molecular complexity index is 278. The van der Waals surface area contributed by atoms with E-state index in [0.717, 1.165) is 5.56 Å². The highest BCUT2D eigenvalue weighted by Gasteiger charge is 1.99. The molecule has 0 aliphatic heterocycles. The van der Waals surface area contributed by atoms with Crippen LogP contribution in [0.25, 0.3) is 0 Å². The molecule has 0 aliphatic rings. The van der Waals surface area contributed by atoms with Gasteiger partial charge in [0.05, 0.1) is 0 Å². The molecule has 0 radical (unpaired) electrons. The van der Waals surface area contributed by atoms with Gasteiger partial charge in [-0.15, -0.1) is 11.6 Å². The zero-order valence-corrected chi connectivity index (χ0v) is 6.67. The van der Waals surface area contributed by atoms with Gasteiger partial charge in [-0.25, -0.2) is 4.98 Å². The topological polar surface area (TPSA) is 36.7 Å². The van der Waals surface area contributed by atoms with Gasteiger partial charge in [0.15, 0.2) is 0 Å². The van der Waals surface area contributed by atoms with Crippen molar-refractivity contribution in [2.75, 3.05) is 5.88 Å². The van der Waals surface area contributed by atoms with Crippen LogP contribution in [0.4, 0.5) is 0 Å². The predicted octanol–water partition coefficient (Wildman–Crippen LogP) is 1.73. The van der Waals surface area contributed by atoms with Crippen LogP contribution in [-0.4, -0.2) is 10.9 Å². The minimum Gasteiger partial charge on any atom is -0.245 e. The van der Waals surface area contributed by atoms with Crippen LogP contribution < -0.4 is 0 Å². The average molecular weight is 167 g/mol. The van der Waals surface area contributed by atoms with E-state index >= 15 is 0 Å². The molecule has 56 valence electrons. The molecule has 0 amide bonds. The molecule has 0 bridgehead atoms. The number of alkyl halides is 1. The molecule has 0 N–H and O–H groups in total. The van der Waals surface area contributed by atoms with Gasteiger partial charge in [0.2, 0.25) is 0 Å². The largest absolute Gasteiger partial charge is 0.245 e. The number of nitriles is 1. The van der Waals surface area contributed by atoms with Crippen molar-refractivity contribution in [1.82, 2.24) is 4.98 Å². The Kier molecular flexibility index (Phi) is 2.88. The first kappa shape index (κ1) is 8.03. The minimum absolute atomic E-state index is 0.480. The molecule has 11 heavy (non-hydrogen) atoms. The molecule has 1 rings (SSSR count). The number of hydrogen-bond acceptors (Lipinski definition) is 2. The molecular weight excluding hydrogens is 160 g/mol. The molecular formula is C8H7ClN2. The van der Waals surface area contributed by atoms with E-state index in [-0.39, 0.29) is 0 Å². The van der Waals surface area contributed by atoms with Gasteiger partial charge in [-0.2, -0.15) is 5.26 Å². The van der Waals surface area contributed by atoms with E-state index in [1.54, 1.807) is 6.20 Å². The van der Waals surface area contributed by atoms with Crippen LogP contribution in [-0.2, 0) is 6.42 Å². The highest BCUT2D eigenvalue weighted by Crippen LogP contribution is 2.04. The van der Waals surface area contributed by atoms with Crippen molar-refractivity contribution in [3.63, 3.8) is 0 Å². The van der Waals surface area contributed by atoms with E-state index < -0.39 is 0 Å². The Morgan fingerprint density at radius 2 is 2.45 bits per heavy atom. The smallest absolute Gasteiger partial charge is 0.143 e. The highest BCUT2D eigenvalue weighted by molar-refractivity contribution is 6.18. The molecule has 0 saturated carbocycles. The number of halogens is 1. The van der Waals surface area contributed by atoms with E-state index in [1.807, 2.05) is 18.2 Å². The van der Waals surface area contributed by atoms with Gasteiger partial charge in [0.25, 0.3) is 0 Å². The van der Waals surface area contributed by atoms with Gasteiger partial charge in [0.1, 0.15) is 11.8 Å². The summed E-state index contributed by atoms with van der Waals surface area (Å²) < 4.78 is 0. The molecule has 0 unspecified atom stereocenters. The van der Waals surface area contributed by atoms with Crippen LogP contribution in [0.3, 0.4) is 0 Å². The van der Waals surface area contributed by atoms with Gasteiger partial charge in [-0.1, -0.05) is 6.07 Å². The van der Waals surface area contributed by atoms with Crippen molar-refractivity contribution >= 4 is 11.6 Å². The normalized spacial score (nSPS) is 9.09. The van der Waals surface area contributed by atoms with E-state index in [0.29, 0.717) is 18.0 Å². The summed E-state index contributed by atoms with van der Waals surface area (Å²) in [5.41, 5.74) is 1.40. The van der Waals surface area contributed by atoms with Crippen LogP contribution in [0, 0.1) is 11.3 Å². The fourth-order valence-electron chi connectivity index (χ4n) is 0.843. The number of nitrogens with zero attached hydrogens (tertiary/aromatic N) is 2. The lowest BCUT2D eigenvalue weighted by atomic mass is 10.1. The first-order valence-corrected chi connectivity index (χ1v) is 3.82. The van der Waals surface area contributed by atoms with Crippen molar-refractivity contribution in [1.29, 1.82) is 5.26 Å². The average Bonchev–Trinajstić information content (AvgIpc) is 2.06.